The zero-order valence-corrected chi connectivity index (χ0v) is 38.8. The molecule has 2 amide bonds. The number of anilines is 1. The number of hydrogen-bond donors (Lipinski definition) is 4. The van der Waals surface area contributed by atoms with Crippen LogP contribution in [0.5, 0.6) is 5.75 Å². The van der Waals surface area contributed by atoms with Gasteiger partial charge in [-0.15, -0.1) is 0 Å². The number of esters is 3. The number of likely N-dealkylation sites (N-methyl/N-ethyl adjacent to an activating group) is 1. The Morgan fingerprint density at radius 2 is 1.72 bits per heavy atom. The molecule has 0 radical (unpaired) electrons. The summed E-state index contributed by atoms with van der Waals surface area (Å²) in [6.07, 6.45) is 8.14. The van der Waals surface area contributed by atoms with Crippen LogP contribution in [0.1, 0.15) is 88.1 Å². The average Bonchev–Trinajstić information content (AvgIpc) is 3.81. The number of fused-ring (bicyclic) bond motifs is 6. The van der Waals surface area contributed by atoms with E-state index in [2.05, 4.69) is 56.6 Å². The minimum Gasteiger partial charge on any atom is -0.496 e. The number of nitrogens with one attached hydrogen (secondary N) is 3. The van der Waals surface area contributed by atoms with Crippen molar-refractivity contribution in [3.8, 4) is 5.75 Å². The lowest BCUT2D eigenvalue weighted by molar-refractivity contribution is -0.228. The van der Waals surface area contributed by atoms with Crippen molar-refractivity contribution in [2.24, 2.45) is 11.3 Å². The maximum Gasteiger partial charge on any atom is 0.344 e. The van der Waals surface area contributed by atoms with Gasteiger partial charge in [0.15, 0.2) is 6.10 Å². The zero-order chi connectivity index (χ0) is 45.8. The summed E-state index contributed by atoms with van der Waals surface area (Å²) in [5.74, 6) is -1.56. The Morgan fingerprint density at radius 1 is 0.954 bits per heavy atom. The molecule has 15 heteroatoms. The molecule has 2 bridgehead atoms. The molecule has 2 aliphatic carbocycles. The molecule has 65 heavy (non-hydrogen) atoms. The first-order valence-corrected chi connectivity index (χ1v) is 23.5. The Morgan fingerprint density at radius 3 is 2.42 bits per heavy atom. The highest BCUT2D eigenvalue weighted by molar-refractivity contribution is 5.95. The molecule has 2 saturated heterocycles. The van der Waals surface area contributed by atoms with E-state index >= 15 is 4.79 Å². The lowest BCUT2D eigenvalue weighted by Crippen LogP contribution is -2.81. The molecule has 5 aliphatic heterocycles. The lowest BCUT2D eigenvalue weighted by Gasteiger charge is -2.63. The maximum atomic E-state index is 15.6. The number of aromatic amines is 1. The number of para-hydroxylation sites is 1. The fraction of sp³-hybridized carbons (Fsp3) is 0.600. The average molecular weight is 893 g/mol. The number of piperidine rings is 1. The van der Waals surface area contributed by atoms with E-state index < -0.39 is 57.4 Å². The maximum absolute atomic E-state index is 15.6. The highest BCUT2D eigenvalue weighted by atomic mass is 16.6. The standard InChI is InChI=1S/C50H64N6O9/c1-8-46(53-45(60)51-31-15-16-31)25-30-26-49(43(58)63-6,39-33(17-21-55(27-30)28-46)32-13-10-11-14-36(32)52-39)35-23-34-37(24-38(35)62-5)54(4)41-48(34)19-22-56-20-12-18-47(9-2,40(48)56)42(65-29(3)57)50(41,61)44(59)64-7/h10-14,18,23-24,30-31,40-42,52,61H,8-9,15-17,19-22,25-28H2,1-7H3,(H2,51,53,60)/t30-,40-,41+,42+,46-,47+,48+,49-,50-/m0/s1. The molecular weight excluding hydrogens is 829 g/mol. The molecule has 10 rings (SSSR count). The van der Waals surface area contributed by atoms with Crippen molar-refractivity contribution in [1.29, 1.82) is 0 Å². The first-order chi connectivity index (χ1) is 31.2. The van der Waals surface area contributed by atoms with E-state index in [0.717, 1.165) is 46.3 Å². The van der Waals surface area contributed by atoms with E-state index in [9.17, 15) is 19.5 Å². The van der Waals surface area contributed by atoms with E-state index in [1.807, 2.05) is 43.1 Å². The van der Waals surface area contributed by atoms with Crippen LogP contribution in [0.25, 0.3) is 10.9 Å². The number of rotatable bonds is 9. The molecule has 2 saturated carbocycles. The molecule has 1 aromatic heterocycles. The molecule has 7 aliphatic rings. The van der Waals surface area contributed by atoms with Gasteiger partial charge in [0.1, 0.15) is 11.2 Å². The van der Waals surface area contributed by atoms with E-state index in [-0.39, 0.29) is 24.0 Å². The Bertz CT molecular complexity index is 2490. The van der Waals surface area contributed by atoms with E-state index in [4.69, 9.17) is 18.9 Å². The van der Waals surface area contributed by atoms with Crippen molar-refractivity contribution in [3.05, 3.63) is 70.9 Å². The number of aliphatic hydroxyl groups is 1. The minimum absolute atomic E-state index is 0.0882. The van der Waals surface area contributed by atoms with Crippen molar-refractivity contribution in [3.63, 3.8) is 0 Å². The topological polar surface area (TPSA) is 175 Å². The molecule has 4 N–H and O–H groups in total. The molecule has 2 aromatic carbocycles. The normalized spacial score (nSPS) is 35.6. The predicted molar refractivity (Wildman–Crippen MR) is 243 cm³/mol. The third-order valence-corrected chi connectivity index (χ3v) is 16.9. The van der Waals surface area contributed by atoms with Gasteiger partial charge in [0.05, 0.1) is 32.9 Å². The number of urea groups is 1. The number of carbonyl (C=O) groups excluding carboxylic acids is 4. The summed E-state index contributed by atoms with van der Waals surface area (Å²) < 4.78 is 24.2. The SMILES string of the molecule is CC[C@]1(NC(=O)NC2CC2)C[C@@H]2CN(CCc3c([nH]c4ccccc34)[C@@](C(=O)OC)(c3cc4c(cc3OC)N(C)[C@H]3[C@@](O)(C(=O)OC)[C@H](OC(C)=O)[C@]5(CC)C=CCN6CC[C@]43[C@@H]65)C2)C1. The number of carbonyl (C=O) groups is 4. The van der Waals surface area contributed by atoms with Crippen LogP contribution in [0.2, 0.25) is 0 Å². The molecule has 15 nitrogen and oxygen atoms in total. The Labute approximate surface area is 380 Å². The van der Waals surface area contributed by atoms with Crippen LogP contribution in [0.15, 0.2) is 48.6 Å². The van der Waals surface area contributed by atoms with Crippen LogP contribution in [0, 0.1) is 11.3 Å². The number of H-pyrrole nitrogens is 1. The van der Waals surface area contributed by atoms with Gasteiger partial charge in [0.2, 0.25) is 5.60 Å². The van der Waals surface area contributed by atoms with Crippen molar-refractivity contribution in [1.82, 2.24) is 25.4 Å². The Hall–Kier alpha value is -5.12. The number of ether oxygens (including phenoxy) is 4. The van der Waals surface area contributed by atoms with Gasteiger partial charge in [0, 0.05) is 97.0 Å². The molecule has 348 valence electrons. The second-order valence-electron chi connectivity index (χ2n) is 20.1. The van der Waals surface area contributed by atoms with E-state index in [0.29, 0.717) is 82.6 Å². The highest BCUT2D eigenvalue weighted by Gasteiger charge is 2.80. The van der Waals surface area contributed by atoms with Gasteiger partial charge >= 0.3 is 23.9 Å². The quantitative estimate of drug-likeness (QED) is 0.135. The van der Waals surface area contributed by atoms with Crippen molar-refractivity contribution in [2.75, 3.05) is 66.0 Å². The molecular formula is C50H64N6O9. The van der Waals surface area contributed by atoms with Gasteiger partial charge in [0.25, 0.3) is 0 Å². The number of methoxy groups -OCH3 is 3. The molecule has 1 unspecified atom stereocenters. The van der Waals surface area contributed by atoms with Crippen LogP contribution in [0.3, 0.4) is 0 Å². The summed E-state index contributed by atoms with van der Waals surface area (Å²) in [7, 11) is 6.18. The summed E-state index contributed by atoms with van der Waals surface area (Å²) in [6.45, 7) is 8.85. The number of benzene rings is 2. The van der Waals surface area contributed by atoms with Gasteiger partial charge in [-0.2, -0.15) is 0 Å². The van der Waals surface area contributed by atoms with Crippen molar-refractivity contribution in [2.45, 2.75) is 118 Å². The smallest absolute Gasteiger partial charge is 0.344 e. The van der Waals surface area contributed by atoms with Crippen molar-refractivity contribution < 1.29 is 43.2 Å². The minimum atomic E-state index is -2.32. The van der Waals surface area contributed by atoms with E-state index in [1.165, 1.54) is 21.1 Å². The van der Waals surface area contributed by atoms with E-state index in [1.54, 1.807) is 7.11 Å². The third-order valence-electron chi connectivity index (χ3n) is 16.9. The van der Waals surface area contributed by atoms with Crippen LogP contribution in [0.4, 0.5) is 10.5 Å². The highest BCUT2D eigenvalue weighted by Crippen LogP contribution is 2.68. The third kappa shape index (κ3) is 6.09. The number of aromatic nitrogens is 1. The number of nitrogens with zero attached hydrogens (tertiary/aromatic N) is 3. The molecule has 10 atom stereocenters. The second kappa shape index (κ2) is 15.5. The number of amides is 2. The van der Waals surface area contributed by atoms with Gasteiger partial charge in [-0.25, -0.2) is 9.59 Å². The van der Waals surface area contributed by atoms with Crippen LogP contribution in [-0.4, -0.2) is 140 Å². The molecule has 4 fully saturated rings. The Kier molecular flexibility index (Phi) is 10.4. The van der Waals surface area contributed by atoms with Gasteiger partial charge in [-0.3, -0.25) is 14.5 Å². The second-order valence-corrected chi connectivity index (χ2v) is 20.1. The first-order valence-electron chi connectivity index (χ1n) is 23.5. The summed E-state index contributed by atoms with van der Waals surface area (Å²) >= 11 is 0. The molecule has 6 heterocycles. The fourth-order valence-electron chi connectivity index (χ4n) is 14.4. The van der Waals surface area contributed by atoms with Crippen LogP contribution < -0.4 is 20.3 Å². The van der Waals surface area contributed by atoms with Crippen LogP contribution >= 0.6 is 0 Å². The Balaban J connectivity index is 1.23. The fourth-order valence-corrected chi connectivity index (χ4v) is 14.4. The largest absolute Gasteiger partial charge is 0.496 e. The summed E-state index contributed by atoms with van der Waals surface area (Å²) in [5, 5.41) is 21.0. The lowest BCUT2D eigenvalue weighted by atomic mass is 9.47. The monoisotopic (exact) mass is 892 g/mol. The summed E-state index contributed by atoms with van der Waals surface area (Å²) in [5.41, 5.74) is -1.34. The van der Waals surface area contributed by atoms with Crippen molar-refractivity contribution >= 4 is 40.5 Å². The van der Waals surface area contributed by atoms with Gasteiger partial charge in [-0.05, 0) is 87.1 Å². The van der Waals surface area contributed by atoms with Gasteiger partial charge in [-0.1, -0.05) is 44.2 Å². The van der Waals surface area contributed by atoms with Gasteiger partial charge < -0.3 is 49.5 Å². The van der Waals surface area contributed by atoms with Crippen LogP contribution in [-0.2, 0) is 45.8 Å². The number of hydrogen-bond acceptors (Lipinski definition) is 12. The molecule has 1 spiro atoms. The summed E-state index contributed by atoms with van der Waals surface area (Å²) in [4.78, 5) is 67.4. The summed E-state index contributed by atoms with van der Waals surface area (Å²) in [6, 6.07) is 11.0. The zero-order valence-electron chi connectivity index (χ0n) is 38.8. The predicted octanol–water partition coefficient (Wildman–Crippen LogP) is 4.46. The molecule has 3 aromatic rings. The first kappa shape index (κ1) is 43.8.